The van der Waals surface area contributed by atoms with Gasteiger partial charge in [0.15, 0.2) is 4.87 Å². The van der Waals surface area contributed by atoms with Crippen molar-refractivity contribution in [3.05, 3.63) is 23.8 Å². The molecular formula is C14H16N2O3S2. The number of amides is 2. The minimum absolute atomic E-state index is 0.0560. The summed E-state index contributed by atoms with van der Waals surface area (Å²) in [4.78, 5) is 27.2. The number of likely N-dealkylation sites (N-methyl/N-ethyl adjacent to an activating group) is 1. The maximum atomic E-state index is 13.1. The van der Waals surface area contributed by atoms with Gasteiger partial charge in [-0.3, -0.25) is 9.59 Å². The summed E-state index contributed by atoms with van der Waals surface area (Å²) in [7, 11) is 4.39. The van der Waals surface area contributed by atoms with E-state index in [0.29, 0.717) is 6.42 Å². The van der Waals surface area contributed by atoms with E-state index >= 15 is 0 Å². The molecule has 4 saturated heterocycles. The number of carbonyl (C=O) groups excluding carboxylic acids is 2. The van der Waals surface area contributed by atoms with Crippen molar-refractivity contribution in [3.63, 3.8) is 0 Å². The van der Waals surface area contributed by atoms with E-state index in [1.807, 2.05) is 12.2 Å². The van der Waals surface area contributed by atoms with Crippen molar-refractivity contribution < 1.29 is 14.7 Å². The fourth-order valence-corrected chi connectivity index (χ4v) is 7.38. The van der Waals surface area contributed by atoms with Gasteiger partial charge in [-0.2, -0.15) is 0 Å². The van der Waals surface area contributed by atoms with E-state index in [0.717, 1.165) is 5.57 Å². The summed E-state index contributed by atoms with van der Waals surface area (Å²) in [6.45, 7) is 1.72. The Morgan fingerprint density at radius 3 is 2.86 bits per heavy atom. The van der Waals surface area contributed by atoms with Gasteiger partial charge in [-0.15, -0.1) is 0 Å². The molecule has 4 atom stereocenters. The van der Waals surface area contributed by atoms with Crippen LogP contribution in [0, 0.1) is 5.92 Å². The van der Waals surface area contributed by atoms with Gasteiger partial charge >= 0.3 is 0 Å². The number of fused-ring (bicyclic) bond motifs is 3. The molecule has 5 nitrogen and oxygen atoms in total. The lowest BCUT2D eigenvalue weighted by atomic mass is 9.90. The molecule has 5 rings (SSSR count). The van der Waals surface area contributed by atoms with Crippen molar-refractivity contribution >= 4 is 33.4 Å². The Hall–Kier alpha value is -0.920. The molecule has 1 spiro atoms. The monoisotopic (exact) mass is 324 g/mol. The smallest absolute Gasteiger partial charge is 0.264 e. The van der Waals surface area contributed by atoms with Crippen LogP contribution in [0.5, 0.6) is 0 Å². The van der Waals surface area contributed by atoms with Crippen LogP contribution < -0.4 is 0 Å². The van der Waals surface area contributed by atoms with Crippen LogP contribution in [-0.4, -0.2) is 56.2 Å². The van der Waals surface area contributed by atoms with E-state index < -0.39 is 9.74 Å². The number of carbonyl (C=O) groups is 2. The molecule has 7 heteroatoms. The van der Waals surface area contributed by atoms with Crippen LogP contribution in [0.3, 0.4) is 0 Å². The van der Waals surface area contributed by atoms with Crippen molar-refractivity contribution in [2.24, 2.45) is 5.92 Å². The van der Waals surface area contributed by atoms with Gasteiger partial charge < -0.3 is 14.9 Å². The fourth-order valence-electron chi connectivity index (χ4n) is 3.81. The number of rotatable bonds is 1. The van der Waals surface area contributed by atoms with Gasteiger partial charge in [-0.25, -0.2) is 0 Å². The summed E-state index contributed by atoms with van der Waals surface area (Å²) in [6, 6.07) is -0.0560. The van der Waals surface area contributed by atoms with Gasteiger partial charge in [0.25, 0.3) is 11.8 Å². The number of aliphatic hydroxyl groups is 1. The van der Waals surface area contributed by atoms with Crippen LogP contribution in [0.4, 0.5) is 0 Å². The predicted octanol–water partition coefficient (Wildman–Crippen LogP) is 0.972. The topological polar surface area (TPSA) is 60.9 Å². The van der Waals surface area contributed by atoms with Crippen LogP contribution in [0.1, 0.15) is 13.3 Å². The van der Waals surface area contributed by atoms with Crippen LogP contribution in [0.25, 0.3) is 0 Å². The molecule has 5 aliphatic rings. The van der Waals surface area contributed by atoms with E-state index in [-0.39, 0.29) is 30.4 Å². The largest absolute Gasteiger partial charge is 0.392 e. The Labute approximate surface area is 130 Å². The molecule has 112 valence electrons. The Balaban J connectivity index is 1.90. The minimum Gasteiger partial charge on any atom is -0.392 e. The second kappa shape index (κ2) is 4.08. The normalized spacial score (nSPS) is 44.0. The Bertz CT molecular complexity index is 619. The van der Waals surface area contributed by atoms with Crippen molar-refractivity contribution in [3.8, 4) is 0 Å². The lowest BCUT2D eigenvalue weighted by Crippen LogP contribution is -2.77. The first-order chi connectivity index (χ1) is 9.98. The van der Waals surface area contributed by atoms with Crippen LogP contribution in [0.15, 0.2) is 23.8 Å². The molecule has 1 aliphatic carbocycles. The van der Waals surface area contributed by atoms with Crippen molar-refractivity contribution in [2.45, 2.75) is 29.1 Å². The highest BCUT2D eigenvalue weighted by Crippen LogP contribution is 2.64. The van der Waals surface area contributed by atoms with Gasteiger partial charge in [-0.1, -0.05) is 35.9 Å². The maximum absolute atomic E-state index is 13.1. The summed E-state index contributed by atoms with van der Waals surface area (Å²) in [5, 5.41) is 9.80. The second-order valence-electron chi connectivity index (χ2n) is 6.04. The van der Waals surface area contributed by atoms with E-state index in [9.17, 15) is 14.7 Å². The molecule has 1 N–H and O–H groups in total. The first-order valence-corrected chi connectivity index (χ1v) is 9.10. The highest BCUT2D eigenvalue weighted by molar-refractivity contribution is 8.78. The Morgan fingerprint density at radius 1 is 1.38 bits per heavy atom. The molecule has 2 amide bonds. The Morgan fingerprint density at radius 2 is 2.14 bits per heavy atom. The molecule has 21 heavy (non-hydrogen) atoms. The molecule has 4 heterocycles. The molecule has 3 unspecified atom stereocenters. The number of allylic oxidation sites excluding steroid dienone is 2. The third kappa shape index (κ3) is 1.36. The first kappa shape index (κ1) is 13.7. The average molecular weight is 324 g/mol. The van der Waals surface area contributed by atoms with Gasteiger partial charge in [0, 0.05) is 13.5 Å². The van der Waals surface area contributed by atoms with Crippen molar-refractivity contribution in [1.29, 1.82) is 0 Å². The number of hydrogen-bond donors (Lipinski definition) is 1. The number of piperazine rings is 1. The summed E-state index contributed by atoms with van der Waals surface area (Å²) in [5.74, 6) is -0.0130. The van der Waals surface area contributed by atoms with Crippen molar-refractivity contribution in [2.75, 3.05) is 13.7 Å². The van der Waals surface area contributed by atoms with E-state index in [1.165, 1.54) is 26.5 Å². The zero-order valence-electron chi connectivity index (χ0n) is 11.8. The highest BCUT2D eigenvalue weighted by atomic mass is 33.1. The summed E-state index contributed by atoms with van der Waals surface area (Å²) >= 11 is 0. The maximum Gasteiger partial charge on any atom is 0.264 e. The fraction of sp³-hybridized carbons (Fsp3) is 0.571. The molecule has 4 fully saturated rings. The molecule has 0 aromatic carbocycles. The van der Waals surface area contributed by atoms with Gasteiger partial charge in [0.1, 0.15) is 0 Å². The summed E-state index contributed by atoms with van der Waals surface area (Å²) in [6.07, 6.45) is 6.69. The molecule has 0 saturated carbocycles. The first-order valence-electron chi connectivity index (χ1n) is 6.95. The zero-order chi connectivity index (χ0) is 15.0. The SMILES string of the molecule is C[C@H]1C=CC=C2CC34SSC(CO)(C(=O)N3C21)N(C)C4=O. The second-order valence-corrected chi connectivity index (χ2v) is 8.72. The highest BCUT2D eigenvalue weighted by Gasteiger charge is 2.72. The van der Waals surface area contributed by atoms with Crippen LogP contribution in [0.2, 0.25) is 0 Å². The summed E-state index contributed by atoms with van der Waals surface area (Å²) in [5.41, 5.74) is 1.14. The molecule has 0 radical (unpaired) electrons. The van der Waals surface area contributed by atoms with E-state index in [2.05, 4.69) is 13.0 Å². The van der Waals surface area contributed by atoms with Crippen molar-refractivity contribution in [1.82, 2.24) is 9.80 Å². The van der Waals surface area contributed by atoms with Crippen LogP contribution in [-0.2, 0) is 9.59 Å². The van der Waals surface area contributed by atoms with E-state index in [4.69, 9.17) is 0 Å². The average Bonchev–Trinajstić information content (AvgIpc) is 2.83. The molecule has 2 bridgehead atoms. The Kier molecular flexibility index (Phi) is 2.67. The predicted molar refractivity (Wildman–Crippen MR) is 82.1 cm³/mol. The quantitative estimate of drug-likeness (QED) is 0.729. The lowest BCUT2D eigenvalue weighted by molar-refractivity contribution is -0.167. The number of hydrogen-bond acceptors (Lipinski definition) is 5. The standard InChI is InChI=1S/C14H16N2O3S2/c1-8-4-3-5-9-6-13-11(18)15(2)14(7-17,21-20-13)12(19)16(13)10(8)9/h3-5,8,10,17H,6-7H2,1-2H3/t8-,10?,13?,14?/m0/s1. The number of nitrogens with zero attached hydrogens (tertiary/aromatic N) is 2. The third-order valence-corrected chi connectivity index (χ3v) is 8.61. The molecular weight excluding hydrogens is 308 g/mol. The molecule has 4 aliphatic heterocycles. The number of aliphatic hydroxyl groups excluding tert-OH is 1. The van der Waals surface area contributed by atoms with Gasteiger partial charge in [-0.05, 0) is 22.3 Å². The lowest BCUT2D eigenvalue weighted by Gasteiger charge is -2.58. The molecule has 0 aromatic rings. The third-order valence-electron chi connectivity index (χ3n) is 4.98. The molecule has 0 aromatic heterocycles. The van der Waals surface area contributed by atoms with E-state index in [1.54, 1.807) is 11.9 Å². The minimum atomic E-state index is -1.17. The van der Waals surface area contributed by atoms with Crippen LogP contribution >= 0.6 is 21.6 Å². The van der Waals surface area contributed by atoms with Gasteiger partial charge in [0.05, 0.1) is 12.6 Å². The van der Waals surface area contributed by atoms with Gasteiger partial charge in [0.2, 0.25) is 4.87 Å². The zero-order valence-corrected chi connectivity index (χ0v) is 13.4. The summed E-state index contributed by atoms with van der Waals surface area (Å²) < 4.78 is 0.